The van der Waals surface area contributed by atoms with Gasteiger partial charge in [0.15, 0.2) is 0 Å². The SMILES string of the molecule is C=CCN1CCN(C(=O)c2ccncc2)CC(Cc2ccc(-c3ccccc3)cc2)C1=O. The lowest BCUT2D eigenvalue weighted by Crippen LogP contribution is -2.38. The van der Waals surface area contributed by atoms with Crippen molar-refractivity contribution >= 4 is 11.8 Å². The Bertz CT molecular complexity index is 1070. The molecule has 1 unspecified atom stereocenters. The lowest BCUT2D eigenvalue weighted by Gasteiger charge is -2.23. The van der Waals surface area contributed by atoms with Crippen molar-refractivity contribution < 1.29 is 9.59 Å². The summed E-state index contributed by atoms with van der Waals surface area (Å²) in [7, 11) is 0. The second kappa shape index (κ2) is 10.1. The molecule has 2 amide bonds. The van der Waals surface area contributed by atoms with Crippen LogP contribution in [0.1, 0.15) is 15.9 Å². The van der Waals surface area contributed by atoms with E-state index in [0.29, 0.717) is 38.2 Å². The number of hydrogen-bond donors (Lipinski definition) is 0. The summed E-state index contributed by atoms with van der Waals surface area (Å²) in [5, 5.41) is 0. The van der Waals surface area contributed by atoms with E-state index in [1.807, 2.05) is 18.2 Å². The van der Waals surface area contributed by atoms with Gasteiger partial charge in [-0.05, 0) is 35.2 Å². The van der Waals surface area contributed by atoms with E-state index in [1.54, 1.807) is 40.4 Å². The van der Waals surface area contributed by atoms with Crippen LogP contribution in [0, 0.1) is 5.92 Å². The fourth-order valence-electron chi connectivity index (χ4n) is 4.14. The van der Waals surface area contributed by atoms with Crippen LogP contribution < -0.4 is 0 Å². The number of benzene rings is 2. The number of carbonyl (C=O) groups is 2. The molecule has 0 N–H and O–H groups in total. The molecule has 1 atom stereocenters. The van der Waals surface area contributed by atoms with E-state index in [9.17, 15) is 9.59 Å². The Hall–Kier alpha value is -3.73. The molecule has 1 aliphatic rings. The number of aromatic nitrogens is 1. The predicted octanol–water partition coefficient (Wildman–Crippen LogP) is 4.08. The largest absolute Gasteiger partial charge is 0.337 e. The molecule has 0 spiro atoms. The first kappa shape index (κ1) is 21.5. The maximum absolute atomic E-state index is 13.3. The number of carbonyl (C=O) groups excluding carboxylic acids is 2. The van der Waals surface area contributed by atoms with Gasteiger partial charge in [0.2, 0.25) is 5.91 Å². The highest BCUT2D eigenvalue weighted by molar-refractivity contribution is 5.94. The summed E-state index contributed by atoms with van der Waals surface area (Å²) in [4.78, 5) is 33.9. The zero-order chi connectivity index (χ0) is 22.3. The van der Waals surface area contributed by atoms with Crippen molar-refractivity contribution in [3.05, 3.63) is 103 Å². The van der Waals surface area contributed by atoms with Crippen LogP contribution >= 0.6 is 0 Å². The summed E-state index contributed by atoms with van der Waals surface area (Å²) >= 11 is 0. The number of hydrogen-bond acceptors (Lipinski definition) is 3. The fourth-order valence-corrected chi connectivity index (χ4v) is 4.14. The highest BCUT2D eigenvalue weighted by Gasteiger charge is 2.32. The van der Waals surface area contributed by atoms with Gasteiger partial charge in [0, 0.05) is 44.1 Å². The van der Waals surface area contributed by atoms with Crippen LogP contribution in [0.15, 0.2) is 91.8 Å². The van der Waals surface area contributed by atoms with Gasteiger partial charge in [-0.2, -0.15) is 0 Å². The molecule has 32 heavy (non-hydrogen) atoms. The zero-order valence-corrected chi connectivity index (χ0v) is 18.1. The van der Waals surface area contributed by atoms with E-state index in [0.717, 1.165) is 16.7 Å². The van der Waals surface area contributed by atoms with E-state index in [-0.39, 0.29) is 17.7 Å². The average Bonchev–Trinajstić information content (AvgIpc) is 3.00. The van der Waals surface area contributed by atoms with Crippen molar-refractivity contribution in [1.82, 2.24) is 14.8 Å². The van der Waals surface area contributed by atoms with Gasteiger partial charge in [0.1, 0.15) is 0 Å². The molecule has 5 nitrogen and oxygen atoms in total. The van der Waals surface area contributed by atoms with Crippen molar-refractivity contribution in [2.75, 3.05) is 26.2 Å². The molecule has 2 aromatic carbocycles. The molecule has 1 aromatic heterocycles. The van der Waals surface area contributed by atoms with E-state index < -0.39 is 0 Å². The number of rotatable bonds is 6. The molecular weight excluding hydrogens is 398 g/mol. The minimum absolute atomic E-state index is 0.0647. The minimum atomic E-state index is -0.300. The van der Waals surface area contributed by atoms with Crippen molar-refractivity contribution in [1.29, 1.82) is 0 Å². The maximum atomic E-state index is 13.3. The van der Waals surface area contributed by atoms with Crippen molar-refractivity contribution in [3.63, 3.8) is 0 Å². The summed E-state index contributed by atoms with van der Waals surface area (Å²) < 4.78 is 0. The summed E-state index contributed by atoms with van der Waals surface area (Å²) in [5.41, 5.74) is 3.98. The zero-order valence-electron chi connectivity index (χ0n) is 18.1. The molecule has 3 aromatic rings. The van der Waals surface area contributed by atoms with Crippen LogP contribution in [0.3, 0.4) is 0 Å². The van der Waals surface area contributed by atoms with Gasteiger partial charge >= 0.3 is 0 Å². The molecule has 5 heteroatoms. The number of amides is 2. The molecule has 1 aliphatic heterocycles. The van der Waals surface area contributed by atoms with E-state index in [2.05, 4.69) is 48.0 Å². The van der Waals surface area contributed by atoms with Crippen molar-refractivity contribution in [2.24, 2.45) is 5.92 Å². The lowest BCUT2D eigenvalue weighted by atomic mass is 9.95. The first-order valence-electron chi connectivity index (χ1n) is 10.9. The lowest BCUT2D eigenvalue weighted by molar-refractivity contribution is -0.134. The summed E-state index contributed by atoms with van der Waals surface area (Å²) in [6.45, 7) is 5.68. The third-order valence-electron chi connectivity index (χ3n) is 5.85. The van der Waals surface area contributed by atoms with Gasteiger partial charge in [-0.3, -0.25) is 14.6 Å². The highest BCUT2D eigenvalue weighted by atomic mass is 16.2. The standard InChI is InChI=1S/C27H27N3O2/c1-2-16-29-17-18-30(26(31)24-12-14-28-15-13-24)20-25(27(29)32)19-21-8-10-23(11-9-21)22-6-4-3-5-7-22/h2-15,25H,1,16-20H2. The Morgan fingerprint density at radius 2 is 1.66 bits per heavy atom. The molecular formula is C27H27N3O2. The normalized spacial score (nSPS) is 16.5. The molecule has 0 bridgehead atoms. The molecule has 1 fully saturated rings. The molecule has 0 saturated carbocycles. The molecule has 162 valence electrons. The quantitative estimate of drug-likeness (QED) is 0.559. The van der Waals surface area contributed by atoms with Crippen LogP contribution in [0.25, 0.3) is 11.1 Å². The van der Waals surface area contributed by atoms with Crippen molar-refractivity contribution in [3.8, 4) is 11.1 Å². The van der Waals surface area contributed by atoms with Gasteiger partial charge in [0.05, 0.1) is 5.92 Å². The van der Waals surface area contributed by atoms with Crippen LogP contribution in [0.2, 0.25) is 0 Å². The van der Waals surface area contributed by atoms with E-state index in [4.69, 9.17) is 0 Å². The Morgan fingerprint density at radius 1 is 0.969 bits per heavy atom. The third kappa shape index (κ3) is 4.94. The highest BCUT2D eigenvalue weighted by Crippen LogP contribution is 2.23. The number of nitrogens with zero attached hydrogens (tertiary/aromatic N) is 3. The van der Waals surface area contributed by atoms with E-state index in [1.165, 1.54) is 0 Å². The molecule has 2 heterocycles. The Kier molecular flexibility index (Phi) is 6.75. The first-order chi connectivity index (χ1) is 15.7. The number of pyridine rings is 1. The smallest absolute Gasteiger partial charge is 0.254 e. The van der Waals surface area contributed by atoms with Crippen LogP contribution in [-0.4, -0.2) is 52.8 Å². The molecule has 0 aliphatic carbocycles. The topological polar surface area (TPSA) is 53.5 Å². The van der Waals surface area contributed by atoms with Crippen molar-refractivity contribution in [2.45, 2.75) is 6.42 Å². The predicted molar refractivity (Wildman–Crippen MR) is 126 cm³/mol. The average molecular weight is 426 g/mol. The van der Waals surface area contributed by atoms with Gasteiger partial charge in [-0.25, -0.2) is 0 Å². The second-order valence-electron chi connectivity index (χ2n) is 8.02. The second-order valence-corrected chi connectivity index (χ2v) is 8.02. The van der Waals surface area contributed by atoms with Crippen LogP contribution in [0.4, 0.5) is 0 Å². The van der Waals surface area contributed by atoms with E-state index >= 15 is 0 Å². The fraction of sp³-hybridized carbons (Fsp3) is 0.222. The summed E-state index contributed by atoms with van der Waals surface area (Å²) in [6.07, 6.45) is 5.56. The molecule has 4 rings (SSSR count). The van der Waals surface area contributed by atoms with Gasteiger partial charge in [-0.1, -0.05) is 60.7 Å². The van der Waals surface area contributed by atoms with Crippen LogP contribution in [0.5, 0.6) is 0 Å². The summed E-state index contributed by atoms with van der Waals surface area (Å²) in [5.74, 6) is -0.294. The Labute approximate surface area is 189 Å². The van der Waals surface area contributed by atoms with Gasteiger partial charge < -0.3 is 9.80 Å². The molecule has 0 radical (unpaired) electrons. The summed E-state index contributed by atoms with van der Waals surface area (Å²) in [6, 6.07) is 22.0. The monoisotopic (exact) mass is 425 g/mol. The Balaban J connectivity index is 1.54. The van der Waals surface area contributed by atoms with Gasteiger partial charge in [-0.15, -0.1) is 6.58 Å². The third-order valence-corrected chi connectivity index (χ3v) is 5.85. The van der Waals surface area contributed by atoms with Crippen LogP contribution in [-0.2, 0) is 11.2 Å². The van der Waals surface area contributed by atoms with Gasteiger partial charge in [0.25, 0.3) is 5.91 Å². The molecule has 1 saturated heterocycles. The maximum Gasteiger partial charge on any atom is 0.254 e. The Morgan fingerprint density at radius 3 is 2.34 bits per heavy atom. The minimum Gasteiger partial charge on any atom is -0.337 e. The first-order valence-corrected chi connectivity index (χ1v) is 10.9.